The van der Waals surface area contributed by atoms with Gasteiger partial charge in [-0.25, -0.2) is 4.68 Å². The fraction of sp³-hybridized carbons (Fsp3) is 0.500. The fourth-order valence-corrected chi connectivity index (χ4v) is 1.06. The van der Waals surface area contributed by atoms with Crippen molar-refractivity contribution in [3.63, 3.8) is 0 Å². The highest BCUT2D eigenvalue weighted by Gasteiger charge is 2.03. The summed E-state index contributed by atoms with van der Waals surface area (Å²) in [6.07, 6.45) is 2.40. The first kappa shape index (κ1) is 9.26. The van der Waals surface area contributed by atoms with Crippen LogP contribution in [0.3, 0.4) is 0 Å². The van der Waals surface area contributed by atoms with Gasteiger partial charge in [-0.3, -0.25) is 4.79 Å². The first-order valence-electron chi connectivity index (χ1n) is 3.89. The summed E-state index contributed by atoms with van der Waals surface area (Å²) in [4.78, 5) is 11.4. The van der Waals surface area contributed by atoms with Crippen LogP contribution < -0.4 is 5.56 Å². The molecule has 0 saturated carbocycles. The zero-order valence-corrected chi connectivity index (χ0v) is 7.93. The Hall–Kier alpha value is -0.830. The van der Waals surface area contributed by atoms with E-state index in [0.717, 1.165) is 6.42 Å². The van der Waals surface area contributed by atoms with Gasteiger partial charge in [-0.05, 0) is 13.3 Å². The topological polar surface area (TPSA) is 34.9 Å². The summed E-state index contributed by atoms with van der Waals surface area (Å²) in [6, 6.07) is 0. The van der Waals surface area contributed by atoms with Gasteiger partial charge in [0, 0.05) is 12.1 Å². The van der Waals surface area contributed by atoms with Crippen LogP contribution in [0.5, 0.6) is 0 Å². The monoisotopic (exact) mass is 186 g/mol. The Bertz CT molecular complexity index is 332. The van der Waals surface area contributed by atoms with E-state index in [4.69, 9.17) is 11.6 Å². The third kappa shape index (κ3) is 1.67. The molecule has 1 aromatic rings. The molecule has 0 atom stereocenters. The molecular formula is C8H11ClN2O. The Morgan fingerprint density at radius 3 is 2.92 bits per heavy atom. The molecule has 0 bridgehead atoms. The number of rotatable bonds is 2. The lowest BCUT2D eigenvalue weighted by Crippen LogP contribution is -2.24. The van der Waals surface area contributed by atoms with Crippen LogP contribution in [0.15, 0.2) is 11.0 Å². The summed E-state index contributed by atoms with van der Waals surface area (Å²) in [5.74, 6) is 0. The van der Waals surface area contributed by atoms with Crippen LogP contribution in [-0.4, -0.2) is 9.78 Å². The van der Waals surface area contributed by atoms with Gasteiger partial charge in [-0.2, -0.15) is 5.10 Å². The number of aromatic nitrogens is 2. The van der Waals surface area contributed by atoms with Gasteiger partial charge >= 0.3 is 0 Å². The molecule has 0 aliphatic heterocycles. The van der Waals surface area contributed by atoms with Gasteiger partial charge in [-0.15, -0.1) is 0 Å². The molecule has 0 saturated heterocycles. The summed E-state index contributed by atoms with van der Waals surface area (Å²) in [7, 11) is 0. The number of hydrogen-bond acceptors (Lipinski definition) is 2. The lowest BCUT2D eigenvalue weighted by molar-refractivity contribution is 0.564. The predicted octanol–water partition coefficient (Wildman–Crippen LogP) is 1.62. The highest BCUT2D eigenvalue weighted by Crippen LogP contribution is 2.06. The third-order valence-corrected chi connectivity index (χ3v) is 2.04. The number of hydrogen-bond donors (Lipinski definition) is 0. The van der Waals surface area contributed by atoms with Crippen molar-refractivity contribution < 1.29 is 0 Å². The molecule has 0 amide bonds. The summed E-state index contributed by atoms with van der Waals surface area (Å²) in [5.41, 5.74) is 0.476. The van der Waals surface area contributed by atoms with Crippen LogP contribution in [0.1, 0.15) is 18.9 Å². The molecule has 0 aliphatic carbocycles. The smallest absolute Gasteiger partial charge is 0.267 e. The Labute approximate surface area is 76.0 Å². The Balaban J connectivity index is 3.18. The van der Waals surface area contributed by atoms with Crippen molar-refractivity contribution in [1.82, 2.24) is 9.78 Å². The molecule has 0 N–H and O–H groups in total. The van der Waals surface area contributed by atoms with Crippen molar-refractivity contribution >= 4 is 11.6 Å². The normalized spacial score (nSPS) is 10.2. The average Bonchev–Trinajstić information content (AvgIpc) is 2.07. The quantitative estimate of drug-likeness (QED) is 0.704. The van der Waals surface area contributed by atoms with Gasteiger partial charge in [0.2, 0.25) is 0 Å². The highest BCUT2D eigenvalue weighted by atomic mass is 35.5. The maximum Gasteiger partial charge on any atom is 0.271 e. The van der Waals surface area contributed by atoms with Crippen LogP contribution in [0.4, 0.5) is 0 Å². The van der Waals surface area contributed by atoms with Crippen molar-refractivity contribution in [3.8, 4) is 0 Å². The predicted molar refractivity (Wildman–Crippen MR) is 48.5 cm³/mol. The SMILES string of the molecule is CCCn1ncc(Cl)c(C)c1=O. The van der Waals surface area contributed by atoms with Crippen LogP contribution in [0.25, 0.3) is 0 Å². The maximum absolute atomic E-state index is 11.4. The number of nitrogens with zero attached hydrogens (tertiary/aromatic N) is 2. The zero-order valence-electron chi connectivity index (χ0n) is 7.17. The molecule has 1 aromatic heterocycles. The van der Waals surface area contributed by atoms with Crippen LogP contribution in [-0.2, 0) is 6.54 Å². The lowest BCUT2D eigenvalue weighted by Gasteiger charge is -2.03. The fourth-order valence-electron chi connectivity index (χ4n) is 0.936. The maximum atomic E-state index is 11.4. The molecule has 12 heavy (non-hydrogen) atoms. The van der Waals surface area contributed by atoms with Gasteiger partial charge < -0.3 is 0 Å². The van der Waals surface area contributed by atoms with E-state index < -0.39 is 0 Å². The molecule has 0 unspecified atom stereocenters. The summed E-state index contributed by atoms with van der Waals surface area (Å²) < 4.78 is 1.43. The molecule has 1 rings (SSSR count). The molecule has 0 radical (unpaired) electrons. The summed E-state index contributed by atoms with van der Waals surface area (Å²) in [6.45, 7) is 4.35. The van der Waals surface area contributed by atoms with E-state index in [2.05, 4.69) is 5.10 Å². The first-order valence-corrected chi connectivity index (χ1v) is 4.26. The van der Waals surface area contributed by atoms with Gasteiger partial charge in [-0.1, -0.05) is 18.5 Å². The zero-order chi connectivity index (χ0) is 9.14. The van der Waals surface area contributed by atoms with Crippen LogP contribution >= 0.6 is 11.6 Å². The molecule has 3 nitrogen and oxygen atoms in total. The highest BCUT2D eigenvalue weighted by molar-refractivity contribution is 6.31. The molecule has 4 heteroatoms. The van der Waals surface area contributed by atoms with E-state index in [0.29, 0.717) is 17.1 Å². The molecule has 0 aromatic carbocycles. The standard InChI is InChI=1S/C8H11ClN2O/c1-3-4-11-8(12)6(2)7(9)5-10-11/h5H,3-4H2,1-2H3. The van der Waals surface area contributed by atoms with Gasteiger partial charge in [0.15, 0.2) is 0 Å². The minimum atomic E-state index is -0.0932. The third-order valence-electron chi connectivity index (χ3n) is 1.66. The van der Waals surface area contributed by atoms with E-state index in [9.17, 15) is 4.79 Å². The van der Waals surface area contributed by atoms with Crippen LogP contribution in [0, 0.1) is 6.92 Å². The molecular weight excluding hydrogens is 176 g/mol. The van der Waals surface area contributed by atoms with E-state index in [1.807, 2.05) is 6.92 Å². The van der Waals surface area contributed by atoms with E-state index in [1.54, 1.807) is 6.92 Å². The molecule has 0 fully saturated rings. The molecule has 66 valence electrons. The van der Waals surface area contributed by atoms with Crippen molar-refractivity contribution in [1.29, 1.82) is 0 Å². The second kappa shape index (κ2) is 3.72. The molecule has 0 spiro atoms. The van der Waals surface area contributed by atoms with Crippen LogP contribution in [0.2, 0.25) is 5.02 Å². The van der Waals surface area contributed by atoms with Crippen molar-refractivity contribution in [2.45, 2.75) is 26.8 Å². The van der Waals surface area contributed by atoms with Crippen molar-refractivity contribution in [2.24, 2.45) is 0 Å². The summed E-state index contributed by atoms with van der Waals surface area (Å²) >= 11 is 5.71. The summed E-state index contributed by atoms with van der Waals surface area (Å²) in [5, 5.41) is 4.34. The van der Waals surface area contributed by atoms with E-state index in [-0.39, 0.29) is 5.56 Å². The molecule has 1 heterocycles. The van der Waals surface area contributed by atoms with Gasteiger partial charge in [0.25, 0.3) is 5.56 Å². The van der Waals surface area contributed by atoms with E-state index >= 15 is 0 Å². The number of aryl methyl sites for hydroxylation is 1. The second-order valence-electron chi connectivity index (χ2n) is 2.65. The minimum Gasteiger partial charge on any atom is -0.267 e. The Kier molecular flexibility index (Phi) is 2.87. The second-order valence-corrected chi connectivity index (χ2v) is 3.05. The van der Waals surface area contributed by atoms with Crippen molar-refractivity contribution in [3.05, 3.63) is 27.1 Å². The van der Waals surface area contributed by atoms with Crippen molar-refractivity contribution in [2.75, 3.05) is 0 Å². The minimum absolute atomic E-state index is 0.0932. The van der Waals surface area contributed by atoms with Gasteiger partial charge in [0.1, 0.15) is 0 Å². The Morgan fingerprint density at radius 2 is 2.33 bits per heavy atom. The Morgan fingerprint density at radius 1 is 1.67 bits per heavy atom. The average molecular weight is 187 g/mol. The molecule has 0 aliphatic rings. The van der Waals surface area contributed by atoms with E-state index in [1.165, 1.54) is 10.9 Å². The lowest BCUT2D eigenvalue weighted by atomic mass is 10.3. The number of halogens is 1. The first-order chi connectivity index (χ1) is 5.66. The van der Waals surface area contributed by atoms with Gasteiger partial charge in [0.05, 0.1) is 11.2 Å². The largest absolute Gasteiger partial charge is 0.271 e.